The Bertz CT molecular complexity index is 1450. The molecular weight excluding hydrogens is 490 g/mol. The number of aliphatic hydroxyl groups is 1. The lowest BCUT2D eigenvalue weighted by molar-refractivity contribution is 0.0574. The number of aliphatic hydroxyl groups excluding tert-OH is 1. The second-order valence-electron chi connectivity index (χ2n) is 10.9. The molecule has 2 aromatic carbocycles. The van der Waals surface area contributed by atoms with Crippen molar-refractivity contribution in [1.29, 1.82) is 0 Å². The number of aromatic nitrogens is 3. The molecule has 2 fully saturated rings. The first kappa shape index (κ1) is 25.5. The molecule has 1 unspecified atom stereocenters. The summed E-state index contributed by atoms with van der Waals surface area (Å²) in [7, 11) is 0. The van der Waals surface area contributed by atoms with Crippen molar-refractivity contribution in [3.63, 3.8) is 0 Å². The SMILES string of the molecule is Nc1nccn2c(C3CCC(CN4CCCC(O)C4)CC3)nc(-c3cccc(OC(=O)c4ccccc4)c3)c12. The highest BCUT2D eigenvalue weighted by atomic mass is 16.5. The number of carbonyl (C=O) groups is 1. The van der Waals surface area contributed by atoms with Crippen molar-refractivity contribution in [3.05, 3.63) is 78.4 Å². The normalized spacial score (nSPS) is 22.1. The van der Waals surface area contributed by atoms with Crippen LogP contribution in [0.3, 0.4) is 0 Å². The average Bonchev–Trinajstić information content (AvgIpc) is 3.35. The number of nitrogens with zero attached hydrogens (tertiary/aromatic N) is 4. The number of β-amino-alcohol motifs (C(OH)–C–C–N with tert-alkyl or cyclic N) is 1. The van der Waals surface area contributed by atoms with Gasteiger partial charge in [-0.05, 0) is 75.3 Å². The van der Waals surface area contributed by atoms with E-state index in [0.717, 1.165) is 80.8 Å². The van der Waals surface area contributed by atoms with Gasteiger partial charge in [-0.15, -0.1) is 0 Å². The van der Waals surface area contributed by atoms with E-state index in [1.54, 1.807) is 24.4 Å². The standard InChI is InChI=1S/C31H35N5O3/c32-29-28-27(24-8-4-10-26(18-24)39-31(38)23-6-2-1-3-7-23)34-30(36(28)17-15-33-29)22-13-11-21(12-14-22)19-35-16-5-9-25(37)20-35/h1-4,6-8,10,15,17-18,21-22,25,37H,5,9,11-14,16,19-20H2,(H2,32,33). The minimum Gasteiger partial charge on any atom is -0.423 e. The summed E-state index contributed by atoms with van der Waals surface area (Å²) in [5.41, 5.74) is 9.24. The number of rotatable bonds is 6. The molecule has 1 aliphatic carbocycles. The molecule has 1 atom stereocenters. The molecule has 0 radical (unpaired) electrons. The Morgan fingerprint density at radius 3 is 2.67 bits per heavy atom. The summed E-state index contributed by atoms with van der Waals surface area (Å²) >= 11 is 0. The first-order valence-electron chi connectivity index (χ1n) is 14.0. The number of imidazole rings is 1. The van der Waals surface area contributed by atoms with Crippen LogP contribution >= 0.6 is 0 Å². The highest BCUT2D eigenvalue weighted by Crippen LogP contribution is 2.39. The van der Waals surface area contributed by atoms with Gasteiger partial charge < -0.3 is 20.5 Å². The quantitative estimate of drug-likeness (QED) is 0.272. The van der Waals surface area contributed by atoms with E-state index in [0.29, 0.717) is 29.0 Å². The predicted molar refractivity (Wildman–Crippen MR) is 151 cm³/mol. The number of ether oxygens (including phenoxy) is 1. The maximum absolute atomic E-state index is 12.6. The molecule has 3 heterocycles. The van der Waals surface area contributed by atoms with E-state index >= 15 is 0 Å². The molecule has 1 saturated carbocycles. The third-order valence-electron chi connectivity index (χ3n) is 8.15. The van der Waals surface area contributed by atoms with Gasteiger partial charge >= 0.3 is 5.97 Å². The molecule has 3 N–H and O–H groups in total. The van der Waals surface area contributed by atoms with Gasteiger partial charge in [0.2, 0.25) is 0 Å². The predicted octanol–water partition coefficient (Wildman–Crippen LogP) is 4.93. The molecule has 8 heteroatoms. The number of nitrogens with two attached hydrogens (primary N) is 1. The van der Waals surface area contributed by atoms with Gasteiger partial charge in [0.15, 0.2) is 0 Å². The molecule has 1 saturated heterocycles. The fraction of sp³-hybridized carbons (Fsp3) is 0.387. The Kier molecular flexibility index (Phi) is 7.30. The number of hydrogen-bond acceptors (Lipinski definition) is 7. The number of nitrogen functional groups attached to an aromatic ring is 1. The summed E-state index contributed by atoms with van der Waals surface area (Å²) < 4.78 is 7.76. The molecule has 0 amide bonds. The van der Waals surface area contributed by atoms with Crippen LogP contribution in [0.5, 0.6) is 5.75 Å². The number of esters is 1. The van der Waals surface area contributed by atoms with Gasteiger partial charge in [-0.1, -0.05) is 30.3 Å². The van der Waals surface area contributed by atoms with Gasteiger partial charge in [-0.3, -0.25) is 4.40 Å². The van der Waals surface area contributed by atoms with Crippen LogP contribution in [0.4, 0.5) is 5.82 Å². The van der Waals surface area contributed by atoms with Crippen molar-refractivity contribution >= 4 is 17.3 Å². The lowest BCUT2D eigenvalue weighted by atomic mass is 9.81. The van der Waals surface area contributed by atoms with Gasteiger partial charge in [0, 0.05) is 37.0 Å². The van der Waals surface area contributed by atoms with E-state index < -0.39 is 5.97 Å². The summed E-state index contributed by atoms with van der Waals surface area (Å²) in [6.07, 6.45) is 9.92. The van der Waals surface area contributed by atoms with Crippen molar-refractivity contribution in [2.24, 2.45) is 5.92 Å². The number of hydrogen-bond donors (Lipinski definition) is 2. The first-order chi connectivity index (χ1) is 19.0. The monoisotopic (exact) mass is 525 g/mol. The average molecular weight is 526 g/mol. The summed E-state index contributed by atoms with van der Waals surface area (Å²) in [5.74, 6) is 2.47. The third kappa shape index (κ3) is 5.53. The zero-order valence-corrected chi connectivity index (χ0v) is 22.1. The number of fused-ring (bicyclic) bond motifs is 1. The lowest BCUT2D eigenvalue weighted by Gasteiger charge is -2.35. The highest BCUT2D eigenvalue weighted by Gasteiger charge is 2.29. The van der Waals surface area contributed by atoms with Crippen LogP contribution in [0, 0.1) is 5.92 Å². The van der Waals surface area contributed by atoms with Crippen LogP contribution < -0.4 is 10.5 Å². The van der Waals surface area contributed by atoms with Gasteiger partial charge in [0.1, 0.15) is 28.6 Å². The van der Waals surface area contributed by atoms with Crippen LogP contribution in [0.25, 0.3) is 16.8 Å². The highest BCUT2D eigenvalue weighted by molar-refractivity contribution is 5.91. The number of carbonyl (C=O) groups excluding carboxylic acids is 1. The lowest BCUT2D eigenvalue weighted by Crippen LogP contribution is -2.41. The Morgan fingerprint density at radius 2 is 1.87 bits per heavy atom. The topological polar surface area (TPSA) is 106 Å². The van der Waals surface area contributed by atoms with Crippen LogP contribution in [-0.2, 0) is 0 Å². The summed E-state index contributed by atoms with van der Waals surface area (Å²) in [5, 5.41) is 10.0. The first-order valence-corrected chi connectivity index (χ1v) is 14.0. The summed E-state index contributed by atoms with van der Waals surface area (Å²) in [4.78, 5) is 24.5. The summed E-state index contributed by atoms with van der Waals surface area (Å²) in [6.45, 7) is 2.97. The van der Waals surface area contributed by atoms with Crippen molar-refractivity contribution in [1.82, 2.24) is 19.3 Å². The van der Waals surface area contributed by atoms with E-state index in [2.05, 4.69) is 14.3 Å². The smallest absolute Gasteiger partial charge is 0.343 e. The minimum atomic E-state index is -0.403. The van der Waals surface area contributed by atoms with Crippen molar-refractivity contribution < 1.29 is 14.6 Å². The maximum Gasteiger partial charge on any atom is 0.343 e. The molecule has 1 aliphatic heterocycles. The van der Waals surface area contributed by atoms with Gasteiger partial charge in [0.25, 0.3) is 0 Å². The zero-order valence-electron chi connectivity index (χ0n) is 22.1. The van der Waals surface area contributed by atoms with E-state index in [1.807, 2.05) is 42.6 Å². The molecule has 39 heavy (non-hydrogen) atoms. The third-order valence-corrected chi connectivity index (χ3v) is 8.15. The molecule has 8 nitrogen and oxygen atoms in total. The van der Waals surface area contributed by atoms with Crippen LogP contribution in [0.1, 0.15) is 60.6 Å². The fourth-order valence-electron chi connectivity index (χ4n) is 6.19. The van der Waals surface area contributed by atoms with Crippen molar-refractivity contribution in [2.75, 3.05) is 25.4 Å². The van der Waals surface area contributed by atoms with Gasteiger partial charge in [0.05, 0.1) is 11.7 Å². The Balaban J connectivity index is 1.22. The number of anilines is 1. The molecule has 0 spiro atoms. The number of piperidine rings is 1. The minimum absolute atomic E-state index is 0.177. The Hall–Kier alpha value is -3.75. The summed E-state index contributed by atoms with van der Waals surface area (Å²) in [6, 6.07) is 16.4. The van der Waals surface area contributed by atoms with Crippen LogP contribution in [0.2, 0.25) is 0 Å². The van der Waals surface area contributed by atoms with Crippen LogP contribution in [-0.4, -0.2) is 56.1 Å². The van der Waals surface area contributed by atoms with Gasteiger partial charge in [-0.2, -0.15) is 0 Å². The molecule has 0 bridgehead atoms. The number of likely N-dealkylation sites (tertiary alicyclic amines) is 1. The van der Waals surface area contributed by atoms with Crippen molar-refractivity contribution in [3.8, 4) is 17.0 Å². The molecule has 4 aromatic rings. The molecule has 6 rings (SSSR count). The Morgan fingerprint density at radius 1 is 1.05 bits per heavy atom. The van der Waals surface area contributed by atoms with E-state index in [1.165, 1.54) is 0 Å². The molecule has 2 aliphatic rings. The zero-order chi connectivity index (χ0) is 26.8. The van der Waals surface area contributed by atoms with E-state index in [9.17, 15) is 9.90 Å². The second-order valence-corrected chi connectivity index (χ2v) is 10.9. The largest absolute Gasteiger partial charge is 0.423 e. The van der Waals surface area contributed by atoms with E-state index in [4.69, 9.17) is 15.5 Å². The number of benzene rings is 2. The maximum atomic E-state index is 12.6. The second kappa shape index (κ2) is 11.2. The molecule has 202 valence electrons. The fourth-order valence-corrected chi connectivity index (χ4v) is 6.19. The molecule has 2 aromatic heterocycles. The molecular formula is C31H35N5O3. The van der Waals surface area contributed by atoms with Gasteiger partial charge in [-0.25, -0.2) is 14.8 Å². The van der Waals surface area contributed by atoms with Crippen molar-refractivity contribution in [2.45, 2.75) is 50.5 Å². The van der Waals surface area contributed by atoms with Crippen LogP contribution in [0.15, 0.2) is 67.0 Å². The Labute approximate surface area is 228 Å². The van der Waals surface area contributed by atoms with E-state index in [-0.39, 0.29) is 6.10 Å².